The molecular formula is C40H30N3+. The Kier molecular flexibility index (Phi) is 4.95. The molecule has 0 amide bonds. The number of benzene rings is 6. The van der Waals surface area contributed by atoms with Crippen LogP contribution in [0.5, 0.6) is 0 Å². The van der Waals surface area contributed by atoms with E-state index in [1.54, 1.807) is 0 Å². The van der Waals surface area contributed by atoms with E-state index in [0.29, 0.717) is 0 Å². The summed E-state index contributed by atoms with van der Waals surface area (Å²) >= 11 is 0. The second kappa shape index (κ2) is 8.80. The fourth-order valence-electron chi connectivity index (χ4n) is 7.42. The van der Waals surface area contributed by atoms with E-state index in [0.717, 1.165) is 5.52 Å². The highest BCUT2D eigenvalue weighted by atomic mass is 15.1. The zero-order valence-electron chi connectivity index (χ0n) is 24.5. The normalized spacial score (nSPS) is 12.1. The maximum atomic E-state index is 2.52. The lowest BCUT2D eigenvalue weighted by atomic mass is 10.0. The standard InChI is InChI=1S/C40H30N3/c1-25-22-23-26(2)33(24-25)40-41(3)37-21-11-17-31-28-13-5-4-12-27(28)30-15-10-16-32-29-14-6-7-18-34(29)42(38(30)32)35-19-8-9-20-36(35)43(40)39(31)37/h4-24H,1-3H3/q+1. The molecule has 204 valence electrons. The molecule has 0 atom stereocenters. The van der Waals surface area contributed by atoms with Gasteiger partial charge in [0.05, 0.1) is 29.2 Å². The topological polar surface area (TPSA) is 12.7 Å². The first-order chi connectivity index (χ1) is 21.1. The van der Waals surface area contributed by atoms with E-state index in [1.165, 1.54) is 82.4 Å². The van der Waals surface area contributed by atoms with Crippen molar-refractivity contribution in [1.29, 1.82) is 0 Å². The van der Waals surface area contributed by atoms with Gasteiger partial charge in [-0.25, -0.2) is 4.57 Å². The van der Waals surface area contributed by atoms with Crippen LogP contribution in [0.1, 0.15) is 11.1 Å². The van der Waals surface area contributed by atoms with Gasteiger partial charge in [-0.1, -0.05) is 96.6 Å². The van der Waals surface area contributed by atoms with Gasteiger partial charge in [-0.05, 0) is 66.6 Å². The SMILES string of the molecule is Cc1ccc(C)c(-c2n3c4ccccc4n4c5ccccc5c5cccc(c6ccccc6c6cccc(c63)[n+]2C)c54)c1. The molecule has 0 fully saturated rings. The zero-order valence-corrected chi connectivity index (χ0v) is 24.5. The molecule has 0 aliphatic heterocycles. The Balaban J connectivity index is 1.75. The van der Waals surface area contributed by atoms with E-state index in [-0.39, 0.29) is 0 Å². The minimum atomic E-state index is 1.16. The van der Waals surface area contributed by atoms with Crippen LogP contribution in [0.25, 0.3) is 76.8 Å². The molecule has 3 aromatic heterocycles. The van der Waals surface area contributed by atoms with Crippen LogP contribution in [0, 0.1) is 13.8 Å². The second-order valence-electron chi connectivity index (χ2n) is 11.8. The molecule has 0 bridgehead atoms. The number of hydrogen-bond donors (Lipinski definition) is 0. The Morgan fingerprint density at radius 2 is 1.00 bits per heavy atom. The van der Waals surface area contributed by atoms with E-state index in [9.17, 15) is 0 Å². The number of rotatable bonds is 1. The second-order valence-corrected chi connectivity index (χ2v) is 11.8. The summed E-state index contributed by atoms with van der Waals surface area (Å²) in [5.74, 6) is 1.18. The number of para-hydroxylation sites is 5. The third-order valence-electron chi connectivity index (χ3n) is 9.33. The van der Waals surface area contributed by atoms with Gasteiger partial charge in [-0.2, -0.15) is 4.40 Å². The summed E-state index contributed by atoms with van der Waals surface area (Å²) in [7, 11) is 2.21. The average Bonchev–Trinajstić information content (AvgIpc) is 3.54. The Labute approximate surface area is 249 Å². The summed E-state index contributed by atoms with van der Waals surface area (Å²) in [4.78, 5) is 0. The van der Waals surface area contributed by atoms with Gasteiger partial charge < -0.3 is 4.40 Å². The zero-order chi connectivity index (χ0) is 28.8. The molecule has 43 heavy (non-hydrogen) atoms. The number of hydrogen-bond acceptors (Lipinski definition) is 0. The van der Waals surface area contributed by atoms with Crippen molar-refractivity contribution in [2.45, 2.75) is 13.8 Å². The van der Waals surface area contributed by atoms with Gasteiger partial charge in [0.25, 0.3) is 5.82 Å². The van der Waals surface area contributed by atoms with Crippen LogP contribution in [-0.4, -0.2) is 8.80 Å². The van der Waals surface area contributed by atoms with Crippen molar-refractivity contribution in [3.05, 3.63) is 139 Å². The minimum absolute atomic E-state index is 1.16. The molecule has 0 N–H and O–H groups in total. The number of fused-ring (bicyclic) bond motifs is 9. The summed E-state index contributed by atoms with van der Waals surface area (Å²) in [6.45, 7) is 4.41. The Morgan fingerprint density at radius 1 is 0.465 bits per heavy atom. The number of aryl methyl sites for hydroxylation is 3. The van der Waals surface area contributed by atoms with Crippen LogP contribution in [-0.2, 0) is 7.05 Å². The van der Waals surface area contributed by atoms with E-state index >= 15 is 0 Å². The van der Waals surface area contributed by atoms with Gasteiger partial charge in [0, 0.05) is 21.5 Å². The van der Waals surface area contributed by atoms with E-state index in [4.69, 9.17) is 0 Å². The van der Waals surface area contributed by atoms with Crippen molar-refractivity contribution in [3.63, 3.8) is 0 Å². The molecule has 0 aliphatic rings. The lowest BCUT2D eigenvalue weighted by molar-refractivity contribution is -0.633. The smallest absolute Gasteiger partial charge is 0.295 e. The summed E-state index contributed by atoms with van der Waals surface area (Å²) in [5.41, 5.74) is 11.0. The highest BCUT2D eigenvalue weighted by molar-refractivity contribution is 6.23. The molecule has 6 aromatic carbocycles. The third kappa shape index (κ3) is 3.22. The molecule has 0 saturated heterocycles. The van der Waals surface area contributed by atoms with Crippen LogP contribution in [0.15, 0.2) is 127 Å². The molecule has 0 saturated carbocycles. The molecule has 0 radical (unpaired) electrons. The Hall–Kier alpha value is -5.41. The molecule has 9 rings (SSSR count). The van der Waals surface area contributed by atoms with E-state index < -0.39 is 0 Å². The first kappa shape index (κ1) is 24.2. The Morgan fingerprint density at radius 3 is 1.72 bits per heavy atom. The van der Waals surface area contributed by atoms with Gasteiger partial charge in [0.15, 0.2) is 16.6 Å². The summed E-state index contributed by atoms with van der Waals surface area (Å²) < 4.78 is 7.40. The van der Waals surface area contributed by atoms with Crippen LogP contribution in [0.4, 0.5) is 0 Å². The molecule has 3 heterocycles. The van der Waals surface area contributed by atoms with Gasteiger partial charge in [0.1, 0.15) is 0 Å². The van der Waals surface area contributed by atoms with Gasteiger partial charge in [-0.3, -0.25) is 0 Å². The van der Waals surface area contributed by atoms with Crippen molar-refractivity contribution >= 4 is 65.4 Å². The molecule has 0 spiro atoms. The van der Waals surface area contributed by atoms with Crippen LogP contribution in [0.3, 0.4) is 0 Å². The summed E-state index contributed by atoms with van der Waals surface area (Å²) in [5, 5.41) is 7.49. The quantitative estimate of drug-likeness (QED) is 0.180. The van der Waals surface area contributed by atoms with E-state index in [1.807, 2.05) is 0 Å². The van der Waals surface area contributed by atoms with E-state index in [2.05, 4.69) is 162 Å². The monoisotopic (exact) mass is 552 g/mol. The molecular weight excluding hydrogens is 522 g/mol. The third-order valence-corrected chi connectivity index (χ3v) is 9.33. The highest BCUT2D eigenvalue weighted by Gasteiger charge is 2.27. The fourth-order valence-corrected chi connectivity index (χ4v) is 7.42. The number of nitrogens with zero attached hydrogens (tertiary/aromatic N) is 3. The fraction of sp³-hybridized carbons (Fsp3) is 0.0750. The van der Waals surface area contributed by atoms with Crippen LogP contribution >= 0.6 is 0 Å². The lowest BCUT2D eigenvalue weighted by Gasteiger charge is -2.08. The minimum Gasteiger partial charge on any atom is -0.305 e. The van der Waals surface area contributed by atoms with Gasteiger partial charge in [-0.15, -0.1) is 0 Å². The first-order valence-corrected chi connectivity index (χ1v) is 14.9. The molecule has 0 aliphatic carbocycles. The first-order valence-electron chi connectivity index (χ1n) is 14.9. The largest absolute Gasteiger partial charge is 0.305 e. The number of imidazole rings is 1. The van der Waals surface area contributed by atoms with Crippen molar-refractivity contribution in [3.8, 4) is 11.4 Å². The average molecular weight is 553 g/mol. The maximum Gasteiger partial charge on any atom is 0.295 e. The number of aromatic nitrogens is 3. The van der Waals surface area contributed by atoms with Crippen LogP contribution in [0.2, 0.25) is 0 Å². The highest BCUT2D eigenvalue weighted by Crippen LogP contribution is 2.38. The predicted octanol–water partition coefficient (Wildman–Crippen LogP) is 9.63. The maximum absolute atomic E-state index is 2.52. The molecule has 9 aromatic rings. The van der Waals surface area contributed by atoms with Crippen molar-refractivity contribution in [2.75, 3.05) is 0 Å². The van der Waals surface area contributed by atoms with Crippen LogP contribution < -0.4 is 4.57 Å². The summed E-state index contributed by atoms with van der Waals surface area (Å²) in [6, 6.07) is 47.0. The predicted molar refractivity (Wildman–Crippen MR) is 181 cm³/mol. The molecule has 3 heteroatoms. The lowest BCUT2D eigenvalue weighted by Crippen LogP contribution is -2.29. The van der Waals surface area contributed by atoms with Crippen molar-refractivity contribution in [2.24, 2.45) is 7.05 Å². The Bertz CT molecular complexity index is 2650. The van der Waals surface area contributed by atoms with Gasteiger partial charge >= 0.3 is 0 Å². The van der Waals surface area contributed by atoms with Gasteiger partial charge in [0.2, 0.25) is 0 Å². The molecule has 3 nitrogen and oxygen atoms in total. The van der Waals surface area contributed by atoms with Crippen molar-refractivity contribution in [1.82, 2.24) is 8.80 Å². The van der Waals surface area contributed by atoms with Crippen molar-refractivity contribution < 1.29 is 4.57 Å². The summed E-state index contributed by atoms with van der Waals surface area (Å²) in [6.07, 6.45) is 0. The molecule has 0 unspecified atom stereocenters.